The summed E-state index contributed by atoms with van der Waals surface area (Å²) in [6, 6.07) is 18.0. The first-order valence-electron chi connectivity index (χ1n) is 8.49. The van der Waals surface area contributed by atoms with Crippen LogP contribution in [0.1, 0.15) is 11.1 Å². The van der Waals surface area contributed by atoms with Crippen molar-refractivity contribution >= 4 is 16.6 Å². The van der Waals surface area contributed by atoms with Gasteiger partial charge in [-0.05, 0) is 55.3 Å². The van der Waals surface area contributed by atoms with Gasteiger partial charge in [0.2, 0.25) is 0 Å². The van der Waals surface area contributed by atoms with Crippen molar-refractivity contribution in [1.29, 1.82) is 0 Å². The molecule has 3 aromatic carbocycles. The lowest BCUT2D eigenvalue weighted by Gasteiger charge is -2.11. The van der Waals surface area contributed by atoms with Crippen LogP contribution in [0.2, 0.25) is 0 Å². The molecule has 0 radical (unpaired) electrons. The van der Waals surface area contributed by atoms with Crippen LogP contribution in [0.5, 0.6) is 5.75 Å². The van der Waals surface area contributed by atoms with Gasteiger partial charge in [-0.25, -0.2) is 4.68 Å². The molecule has 0 aliphatic carbocycles. The molecular formula is C21H17N3O3. The fraction of sp³-hybridized carbons (Fsp3) is 0.0952. The highest BCUT2D eigenvalue weighted by Crippen LogP contribution is 2.34. The number of aromatic nitrogens is 2. The smallest absolute Gasteiger partial charge is 0.269 e. The van der Waals surface area contributed by atoms with Gasteiger partial charge in [0.1, 0.15) is 5.75 Å². The van der Waals surface area contributed by atoms with Crippen molar-refractivity contribution in [3.05, 3.63) is 81.9 Å². The quantitative estimate of drug-likeness (QED) is 0.416. The summed E-state index contributed by atoms with van der Waals surface area (Å²) in [5.74, 6) is 0.271. The van der Waals surface area contributed by atoms with E-state index in [2.05, 4.69) is 0 Å². The summed E-state index contributed by atoms with van der Waals surface area (Å²) in [4.78, 5) is 10.6. The Morgan fingerprint density at radius 2 is 1.63 bits per heavy atom. The molecule has 6 nitrogen and oxygen atoms in total. The zero-order chi connectivity index (χ0) is 19.1. The van der Waals surface area contributed by atoms with Crippen LogP contribution in [0.3, 0.4) is 0 Å². The molecule has 0 amide bonds. The Balaban J connectivity index is 1.99. The third-order valence-corrected chi connectivity index (χ3v) is 4.65. The Hall–Kier alpha value is -3.67. The molecule has 0 fully saturated rings. The van der Waals surface area contributed by atoms with Crippen LogP contribution < -0.4 is 0 Å². The molecule has 4 aromatic rings. The fourth-order valence-electron chi connectivity index (χ4n) is 3.29. The molecule has 134 valence electrons. The van der Waals surface area contributed by atoms with Crippen LogP contribution in [-0.2, 0) is 0 Å². The van der Waals surface area contributed by atoms with Crippen LogP contribution in [0.4, 0.5) is 5.69 Å². The standard InChI is InChI=1S/C21H17N3O3/c1-13-11-17(12-14(2)21(13)25)23-20(18-5-3-4-6-19(18)22-23)15-7-9-16(10-8-15)24(26)27/h3-12,25H,1-2H3. The van der Waals surface area contributed by atoms with Crippen LogP contribution in [-0.4, -0.2) is 19.8 Å². The average molecular weight is 359 g/mol. The van der Waals surface area contributed by atoms with Crippen molar-refractivity contribution in [3.8, 4) is 22.7 Å². The minimum Gasteiger partial charge on any atom is -0.507 e. The monoisotopic (exact) mass is 359 g/mol. The molecule has 0 bridgehead atoms. The Bertz CT molecular complexity index is 1150. The number of phenols is 1. The highest BCUT2D eigenvalue weighted by molar-refractivity contribution is 5.94. The number of fused-ring (bicyclic) bond motifs is 1. The molecule has 0 unspecified atom stereocenters. The molecule has 1 aromatic heterocycles. The van der Waals surface area contributed by atoms with E-state index in [-0.39, 0.29) is 11.4 Å². The summed E-state index contributed by atoms with van der Waals surface area (Å²) in [7, 11) is 0. The second-order valence-electron chi connectivity index (χ2n) is 6.51. The zero-order valence-electron chi connectivity index (χ0n) is 14.9. The summed E-state index contributed by atoms with van der Waals surface area (Å²) >= 11 is 0. The normalized spacial score (nSPS) is 11.0. The number of benzene rings is 3. The molecular weight excluding hydrogens is 342 g/mol. The molecule has 0 atom stereocenters. The SMILES string of the molecule is Cc1cc(-n2nc3ccccc3c2-c2ccc([N+](=O)[O-])cc2)cc(C)c1O. The fourth-order valence-corrected chi connectivity index (χ4v) is 3.29. The number of nitrogens with zero attached hydrogens (tertiary/aromatic N) is 3. The van der Waals surface area contributed by atoms with Gasteiger partial charge < -0.3 is 5.11 Å². The average Bonchev–Trinajstić information content (AvgIpc) is 3.05. The topological polar surface area (TPSA) is 81.2 Å². The molecule has 6 heteroatoms. The third kappa shape index (κ3) is 2.81. The highest BCUT2D eigenvalue weighted by Gasteiger charge is 2.17. The Morgan fingerprint density at radius 1 is 1.00 bits per heavy atom. The highest BCUT2D eigenvalue weighted by atomic mass is 16.6. The molecule has 0 aliphatic heterocycles. The maximum atomic E-state index is 11.0. The number of hydrogen-bond donors (Lipinski definition) is 1. The van der Waals surface area contributed by atoms with Crippen molar-refractivity contribution in [2.45, 2.75) is 13.8 Å². The number of aryl methyl sites for hydroxylation is 2. The van der Waals surface area contributed by atoms with Crippen LogP contribution in [0.15, 0.2) is 60.7 Å². The Kier molecular flexibility index (Phi) is 3.88. The van der Waals surface area contributed by atoms with Gasteiger partial charge in [0.25, 0.3) is 5.69 Å². The maximum absolute atomic E-state index is 11.0. The van der Waals surface area contributed by atoms with Gasteiger partial charge in [-0.15, -0.1) is 0 Å². The minimum absolute atomic E-state index is 0.0467. The van der Waals surface area contributed by atoms with Crippen LogP contribution in [0.25, 0.3) is 27.8 Å². The number of nitro groups is 1. The molecule has 1 heterocycles. The number of aromatic hydroxyl groups is 1. The summed E-state index contributed by atoms with van der Waals surface area (Å²) in [6.45, 7) is 3.70. The third-order valence-electron chi connectivity index (χ3n) is 4.65. The van der Waals surface area contributed by atoms with Gasteiger partial charge in [-0.3, -0.25) is 10.1 Å². The van der Waals surface area contributed by atoms with Gasteiger partial charge in [0, 0.05) is 23.1 Å². The van der Waals surface area contributed by atoms with Crippen molar-refractivity contribution in [3.63, 3.8) is 0 Å². The summed E-state index contributed by atoms with van der Waals surface area (Å²) in [5, 5.41) is 26.7. The number of rotatable bonds is 3. The number of hydrogen-bond acceptors (Lipinski definition) is 4. The first-order valence-corrected chi connectivity index (χ1v) is 8.49. The zero-order valence-corrected chi connectivity index (χ0v) is 14.9. The van der Waals surface area contributed by atoms with Gasteiger partial charge in [0.05, 0.1) is 21.8 Å². The van der Waals surface area contributed by atoms with Crippen LogP contribution >= 0.6 is 0 Å². The van der Waals surface area contributed by atoms with E-state index in [1.165, 1.54) is 12.1 Å². The molecule has 0 spiro atoms. The van der Waals surface area contributed by atoms with Crippen molar-refractivity contribution in [1.82, 2.24) is 9.78 Å². The first-order chi connectivity index (χ1) is 13.0. The predicted molar refractivity (Wildman–Crippen MR) is 104 cm³/mol. The van der Waals surface area contributed by atoms with Crippen molar-refractivity contribution < 1.29 is 10.0 Å². The Labute approximate surface area is 155 Å². The van der Waals surface area contributed by atoms with Gasteiger partial charge in [-0.2, -0.15) is 5.10 Å². The molecule has 0 aliphatic rings. The largest absolute Gasteiger partial charge is 0.507 e. The summed E-state index contributed by atoms with van der Waals surface area (Å²) < 4.78 is 1.82. The predicted octanol–water partition coefficient (Wildman–Crippen LogP) is 4.92. The lowest BCUT2D eigenvalue weighted by Crippen LogP contribution is -2.00. The van der Waals surface area contributed by atoms with E-state index in [1.807, 2.05) is 54.9 Å². The van der Waals surface area contributed by atoms with E-state index in [0.717, 1.165) is 39.0 Å². The summed E-state index contributed by atoms with van der Waals surface area (Å²) in [5.41, 5.74) is 4.91. The maximum Gasteiger partial charge on any atom is 0.269 e. The first kappa shape index (κ1) is 16.8. The van der Waals surface area contributed by atoms with E-state index in [4.69, 9.17) is 5.10 Å². The van der Waals surface area contributed by atoms with E-state index < -0.39 is 4.92 Å². The van der Waals surface area contributed by atoms with E-state index in [1.54, 1.807) is 12.1 Å². The molecule has 0 saturated heterocycles. The van der Waals surface area contributed by atoms with Crippen molar-refractivity contribution in [2.75, 3.05) is 0 Å². The lowest BCUT2D eigenvalue weighted by atomic mass is 10.1. The molecule has 1 N–H and O–H groups in total. The lowest BCUT2D eigenvalue weighted by molar-refractivity contribution is -0.384. The number of phenolic OH excluding ortho intramolecular Hbond substituents is 1. The van der Waals surface area contributed by atoms with Gasteiger partial charge in [-0.1, -0.05) is 18.2 Å². The molecule has 4 rings (SSSR count). The molecule has 27 heavy (non-hydrogen) atoms. The van der Waals surface area contributed by atoms with Gasteiger partial charge >= 0.3 is 0 Å². The second-order valence-corrected chi connectivity index (χ2v) is 6.51. The number of nitro benzene ring substituents is 1. The second kappa shape index (κ2) is 6.25. The van der Waals surface area contributed by atoms with E-state index >= 15 is 0 Å². The van der Waals surface area contributed by atoms with E-state index in [9.17, 15) is 15.2 Å². The van der Waals surface area contributed by atoms with Gasteiger partial charge in [0.15, 0.2) is 0 Å². The van der Waals surface area contributed by atoms with Crippen molar-refractivity contribution in [2.24, 2.45) is 0 Å². The Morgan fingerprint density at radius 3 is 2.26 bits per heavy atom. The van der Waals surface area contributed by atoms with Crippen LogP contribution in [0, 0.1) is 24.0 Å². The molecule has 0 saturated carbocycles. The number of non-ortho nitro benzene ring substituents is 1. The minimum atomic E-state index is -0.411. The van der Waals surface area contributed by atoms with E-state index in [0.29, 0.717) is 0 Å². The summed E-state index contributed by atoms with van der Waals surface area (Å²) in [6.07, 6.45) is 0.